The summed E-state index contributed by atoms with van der Waals surface area (Å²) in [6, 6.07) is 7.74. The number of nitrogens with zero attached hydrogens (tertiary/aromatic N) is 5. The first kappa shape index (κ1) is 16.9. The van der Waals surface area contributed by atoms with Crippen LogP contribution in [0.25, 0.3) is 21.9 Å². The highest BCUT2D eigenvalue weighted by Crippen LogP contribution is 2.40. The molecule has 1 N–H and O–H groups in total. The van der Waals surface area contributed by atoms with Gasteiger partial charge in [0, 0.05) is 42.0 Å². The minimum atomic E-state index is -0.140. The molecule has 5 rings (SSSR count). The first-order valence-corrected chi connectivity index (χ1v) is 9.81. The molecular formula is C21H22N6O. The highest BCUT2D eigenvalue weighted by molar-refractivity contribution is 6.12. The standard InChI is InChI=1S/C21H22N6O/c1-3-26-12-14-7-8-15(9-19(14)25-26)23-21(28)16-10-18(13-5-6-13)24-20-17(16)11-22-27(20)4-2/h7-13H,3-6H2,1-2H3,(H,23,28). The van der Waals surface area contributed by atoms with Crippen LogP contribution in [0.1, 0.15) is 48.7 Å². The van der Waals surface area contributed by atoms with E-state index in [-0.39, 0.29) is 5.91 Å². The molecule has 28 heavy (non-hydrogen) atoms. The van der Waals surface area contributed by atoms with E-state index < -0.39 is 0 Å². The molecule has 0 saturated heterocycles. The maximum Gasteiger partial charge on any atom is 0.256 e. The van der Waals surface area contributed by atoms with Crippen molar-refractivity contribution in [3.05, 3.63) is 47.9 Å². The van der Waals surface area contributed by atoms with Crippen LogP contribution in [0, 0.1) is 0 Å². The molecule has 7 heteroatoms. The van der Waals surface area contributed by atoms with Crippen LogP contribution >= 0.6 is 0 Å². The summed E-state index contributed by atoms with van der Waals surface area (Å²) in [6.07, 6.45) is 6.02. The molecule has 0 radical (unpaired) electrons. The maximum absolute atomic E-state index is 13.1. The van der Waals surface area contributed by atoms with E-state index in [9.17, 15) is 4.79 Å². The fraction of sp³-hybridized carbons (Fsp3) is 0.333. The normalized spacial score (nSPS) is 14.1. The average molecular weight is 374 g/mol. The van der Waals surface area contributed by atoms with E-state index in [2.05, 4.69) is 22.4 Å². The topological polar surface area (TPSA) is 77.6 Å². The van der Waals surface area contributed by atoms with Crippen LogP contribution in [0.4, 0.5) is 5.69 Å². The van der Waals surface area contributed by atoms with Crippen molar-refractivity contribution in [2.75, 3.05) is 5.32 Å². The summed E-state index contributed by atoms with van der Waals surface area (Å²) in [6.45, 7) is 5.62. The van der Waals surface area contributed by atoms with Crippen LogP contribution in [-0.4, -0.2) is 30.5 Å². The number of carbonyl (C=O) groups excluding carboxylic acids is 1. The summed E-state index contributed by atoms with van der Waals surface area (Å²) in [5.41, 5.74) is 4.02. The Balaban J connectivity index is 1.52. The molecular weight excluding hydrogens is 352 g/mol. The number of fused-ring (bicyclic) bond motifs is 2. The third kappa shape index (κ3) is 2.83. The zero-order chi connectivity index (χ0) is 19.3. The van der Waals surface area contributed by atoms with Crippen LogP contribution in [0.2, 0.25) is 0 Å². The van der Waals surface area contributed by atoms with Gasteiger partial charge < -0.3 is 5.32 Å². The molecule has 1 fully saturated rings. The molecule has 1 aliphatic carbocycles. The van der Waals surface area contributed by atoms with E-state index in [0.29, 0.717) is 11.5 Å². The molecule has 1 aliphatic rings. The number of benzene rings is 1. The summed E-state index contributed by atoms with van der Waals surface area (Å²) < 4.78 is 3.74. The number of amides is 1. The van der Waals surface area contributed by atoms with Crippen molar-refractivity contribution in [2.45, 2.75) is 45.7 Å². The third-order valence-electron chi connectivity index (χ3n) is 5.31. The summed E-state index contributed by atoms with van der Waals surface area (Å²) in [5, 5.41) is 13.8. The van der Waals surface area contributed by atoms with Crippen molar-refractivity contribution >= 4 is 33.5 Å². The summed E-state index contributed by atoms with van der Waals surface area (Å²) in [5.74, 6) is 0.324. The lowest BCUT2D eigenvalue weighted by Gasteiger charge is -2.09. The molecule has 1 saturated carbocycles. The second-order valence-electron chi connectivity index (χ2n) is 7.28. The van der Waals surface area contributed by atoms with Gasteiger partial charge in [-0.05, 0) is 51.0 Å². The van der Waals surface area contributed by atoms with Gasteiger partial charge >= 0.3 is 0 Å². The predicted molar refractivity (Wildman–Crippen MR) is 109 cm³/mol. The minimum Gasteiger partial charge on any atom is -0.322 e. The van der Waals surface area contributed by atoms with Gasteiger partial charge in [0.1, 0.15) is 0 Å². The first-order valence-electron chi connectivity index (χ1n) is 9.81. The van der Waals surface area contributed by atoms with Crippen LogP contribution < -0.4 is 5.32 Å². The third-order valence-corrected chi connectivity index (χ3v) is 5.31. The number of pyridine rings is 1. The number of anilines is 1. The monoisotopic (exact) mass is 374 g/mol. The Morgan fingerprint density at radius 2 is 2.07 bits per heavy atom. The molecule has 7 nitrogen and oxygen atoms in total. The number of hydrogen-bond donors (Lipinski definition) is 1. The van der Waals surface area contributed by atoms with Gasteiger partial charge in [-0.15, -0.1) is 0 Å². The number of hydrogen-bond acceptors (Lipinski definition) is 4. The average Bonchev–Trinajstić information content (AvgIpc) is 3.35. The largest absolute Gasteiger partial charge is 0.322 e. The second kappa shape index (κ2) is 6.44. The highest BCUT2D eigenvalue weighted by atomic mass is 16.1. The van der Waals surface area contributed by atoms with Crippen LogP contribution in [0.5, 0.6) is 0 Å². The lowest BCUT2D eigenvalue weighted by molar-refractivity contribution is 0.102. The molecule has 3 heterocycles. The van der Waals surface area contributed by atoms with Crippen LogP contribution in [0.15, 0.2) is 36.7 Å². The first-order chi connectivity index (χ1) is 13.7. The smallest absolute Gasteiger partial charge is 0.256 e. The molecule has 1 aromatic carbocycles. The van der Waals surface area contributed by atoms with Crippen LogP contribution in [-0.2, 0) is 13.1 Å². The zero-order valence-corrected chi connectivity index (χ0v) is 16.0. The Bertz CT molecular complexity index is 1200. The summed E-state index contributed by atoms with van der Waals surface area (Å²) in [7, 11) is 0. The summed E-state index contributed by atoms with van der Waals surface area (Å²) >= 11 is 0. The van der Waals surface area contributed by atoms with E-state index in [1.807, 2.05) is 46.7 Å². The Morgan fingerprint density at radius 1 is 1.21 bits per heavy atom. The van der Waals surface area contributed by atoms with Crippen molar-refractivity contribution < 1.29 is 4.79 Å². The number of nitrogens with one attached hydrogen (secondary N) is 1. The Morgan fingerprint density at radius 3 is 2.82 bits per heavy atom. The van der Waals surface area contributed by atoms with Crippen molar-refractivity contribution in [1.82, 2.24) is 24.5 Å². The molecule has 4 aromatic rings. The fourth-order valence-electron chi connectivity index (χ4n) is 3.58. The number of carbonyl (C=O) groups is 1. The van der Waals surface area contributed by atoms with Crippen molar-refractivity contribution in [1.29, 1.82) is 0 Å². The molecule has 3 aromatic heterocycles. The van der Waals surface area contributed by atoms with E-state index >= 15 is 0 Å². The lowest BCUT2D eigenvalue weighted by Crippen LogP contribution is -2.13. The van der Waals surface area contributed by atoms with Gasteiger partial charge in [0.15, 0.2) is 5.65 Å². The molecule has 0 spiro atoms. The fourth-order valence-corrected chi connectivity index (χ4v) is 3.58. The maximum atomic E-state index is 13.1. The SMILES string of the molecule is CCn1cc2ccc(NC(=O)c3cc(C4CC4)nc4c3cnn4CC)cc2n1. The van der Waals surface area contributed by atoms with Gasteiger partial charge in [-0.3, -0.25) is 9.48 Å². The zero-order valence-electron chi connectivity index (χ0n) is 16.0. The highest BCUT2D eigenvalue weighted by Gasteiger charge is 2.28. The van der Waals surface area contributed by atoms with Gasteiger partial charge in [0.25, 0.3) is 5.91 Å². The molecule has 0 aliphatic heterocycles. The van der Waals surface area contributed by atoms with Crippen molar-refractivity contribution in [2.24, 2.45) is 0 Å². The Kier molecular flexibility index (Phi) is 3.89. The van der Waals surface area contributed by atoms with Gasteiger partial charge in [-0.25, -0.2) is 9.67 Å². The van der Waals surface area contributed by atoms with Gasteiger partial charge in [-0.2, -0.15) is 10.2 Å². The van der Waals surface area contributed by atoms with E-state index in [1.165, 1.54) is 0 Å². The number of rotatable bonds is 5. The summed E-state index contributed by atoms with van der Waals surface area (Å²) in [4.78, 5) is 17.9. The molecule has 0 bridgehead atoms. The van der Waals surface area contributed by atoms with Crippen molar-refractivity contribution in [3.8, 4) is 0 Å². The number of aryl methyl sites for hydroxylation is 2. The van der Waals surface area contributed by atoms with Crippen LogP contribution in [0.3, 0.4) is 0 Å². The minimum absolute atomic E-state index is 0.140. The van der Waals surface area contributed by atoms with Crippen molar-refractivity contribution in [3.63, 3.8) is 0 Å². The lowest BCUT2D eigenvalue weighted by atomic mass is 10.1. The van der Waals surface area contributed by atoms with Gasteiger partial charge in [0.05, 0.1) is 22.7 Å². The van der Waals surface area contributed by atoms with E-state index in [4.69, 9.17) is 4.98 Å². The predicted octanol–water partition coefficient (Wildman–Crippen LogP) is 3.95. The quantitative estimate of drug-likeness (QED) is 0.574. The second-order valence-corrected chi connectivity index (χ2v) is 7.28. The Labute approximate surface area is 162 Å². The van der Waals surface area contributed by atoms with E-state index in [1.54, 1.807) is 6.20 Å². The van der Waals surface area contributed by atoms with E-state index in [0.717, 1.165) is 59.2 Å². The molecule has 0 unspecified atom stereocenters. The molecule has 0 atom stereocenters. The molecule has 142 valence electrons. The Hall–Kier alpha value is -3.22. The number of aromatic nitrogens is 5. The van der Waals surface area contributed by atoms with Gasteiger partial charge in [-0.1, -0.05) is 0 Å². The molecule has 1 amide bonds. The van der Waals surface area contributed by atoms with Gasteiger partial charge in [0.2, 0.25) is 0 Å².